The molecule has 8 heteroatoms. The van der Waals surface area contributed by atoms with E-state index < -0.39 is 5.91 Å². The van der Waals surface area contributed by atoms with Crippen molar-refractivity contribution in [2.24, 2.45) is 0 Å². The number of ether oxygens (including phenoxy) is 2. The van der Waals surface area contributed by atoms with E-state index in [1.54, 1.807) is 49.6 Å². The normalized spacial score (nSPS) is 10.4. The number of rotatable bonds is 5. The lowest BCUT2D eigenvalue weighted by molar-refractivity contribution is 0.0990. The van der Waals surface area contributed by atoms with Crippen molar-refractivity contribution in [2.75, 3.05) is 19.5 Å². The number of halogens is 1. The second-order valence-corrected chi connectivity index (χ2v) is 5.38. The zero-order valence-corrected chi connectivity index (χ0v) is 14.2. The number of nitrogens with one attached hydrogen (secondary N) is 1. The molecular formula is C17H14ClN3O4. The van der Waals surface area contributed by atoms with E-state index in [1.807, 2.05) is 0 Å². The maximum atomic E-state index is 12.3. The zero-order chi connectivity index (χ0) is 17.8. The van der Waals surface area contributed by atoms with Gasteiger partial charge in [-0.2, -0.15) is 0 Å². The van der Waals surface area contributed by atoms with E-state index in [-0.39, 0.29) is 11.8 Å². The number of nitrogens with zero attached hydrogens (tertiary/aromatic N) is 2. The number of aromatic nitrogens is 2. The van der Waals surface area contributed by atoms with Gasteiger partial charge in [-0.1, -0.05) is 11.6 Å². The fourth-order valence-corrected chi connectivity index (χ4v) is 2.23. The van der Waals surface area contributed by atoms with Crippen molar-refractivity contribution < 1.29 is 18.7 Å². The summed E-state index contributed by atoms with van der Waals surface area (Å²) in [6.07, 6.45) is 0. The molecule has 0 bridgehead atoms. The number of hydrogen-bond donors (Lipinski definition) is 1. The van der Waals surface area contributed by atoms with E-state index in [1.165, 1.54) is 7.11 Å². The highest BCUT2D eigenvalue weighted by molar-refractivity contribution is 6.30. The van der Waals surface area contributed by atoms with Crippen LogP contribution in [0.25, 0.3) is 11.5 Å². The number of anilines is 1. The van der Waals surface area contributed by atoms with Crippen molar-refractivity contribution in [3.63, 3.8) is 0 Å². The fraction of sp³-hybridized carbons (Fsp3) is 0.118. The lowest BCUT2D eigenvalue weighted by Crippen LogP contribution is -2.13. The van der Waals surface area contributed by atoms with Crippen LogP contribution in [-0.4, -0.2) is 30.3 Å². The summed E-state index contributed by atoms with van der Waals surface area (Å²) >= 11 is 5.84. The van der Waals surface area contributed by atoms with Crippen LogP contribution in [-0.2, 0) is 0 Å². The molecule has 2 aromatic carbocycles. The highest BCUT2D eigenvalue weighted by Crippen LogP contribution is 2.29. The third kappa shape index (κ3) is 3.72. The minimum absolute atomic E-state index is 0.164. The number of carbonyl (C=O) groups excluding carboxylic acids is 1. The second kappa shape index (κ2) is 7.23. The minimum Gasteiger partial charge on any atom is -0.497 e. The number of benzene rings is 2. The van der Waals surface area contributed by atoms with Crippen LogP contribution < -0.4 is 14.8 Å². The van der Waals surface area contributed by atoms with E-state index in [4.69, 9.17) is 25.5 Å². The van der Waals surface area contributed by atoms with Crippen molar-refractivity contribution in [3.8, 4) is 23.0 Å². The standard InChI is InChI=1S/C17H14ClN3O4/c1-23-12-7-8-13(14(9-12)24-2)19-15(22)17-21-20-16(25-17)10-3-5-11(18)6-4-10/h3-9H,1-2H3,(H,19,22). The van der Waals surface area contributed by atoms with Crippen LogP contribution in [0.3, 0.4) is 0 Å². The molecule has 0 aliphatic rings. The average Bonchev–Trinajstić information content (AvgIpc) is 3.13. The van der Waals surface area contributed by atoms with Gasteiger partial charge in [-0.25, -0.2) is 0 Å². The molecule has 3 rings (SSSR count). The first-order chi connectivity index (χ1) is 12.1. The smallest absolute Gasteiger partial charge is 0.313 e. The molecule has 3 aromatic rings. The van der Waals surface area contributed by atoms with Crippen molar-refractivity contribution >= 4 is 23.2 Å². The molecular weight excluding hydrogens is 346 g/mol. The van der Waals surface area contributed by atoms with Crippen molar-refractivity contribution in [3.05, 3.63) is 53.4 Å². The Morgan fingerprint density at radius 1 is 1.08 bits per heavy atom. The van der Waals surface area contributed by atoms with Gasteiger partial charge in [0.2, 0.25) is 5.89 Å². The molecule has 0 spiro atoms. The van der Waals surface area contributed by atoms with Crippen LogP contribution in [0.15, 0.2) is 46.9 Å². The predicted octanol–water partition coefficient (Wildman–Crippen LogP) is 3.66. The Morgan fingerprint density at radius 2 is 1.84 bits per heavy atom. The molecule has 128 valence electrons. The molecule has 0 fully saturated rings. The summed E-state index contributed by atoms with van der Waals surface area (Å²) in [7, 11) is 3.04. The van der Waals surface area contributed by atoms with Crippen LogP contribution in [0.1, 0.15) is 10.7 Å². The van der Waals surface area contributed by atoms with Crippen LogP contribution in [0, 0.1) is 0 Å². The third-order valence-corrected chi connectivity index (χ3v) is 3.62. The van der Waals surface area contributed by atoms with Crippen molar-refractivity contribution in [1.82, 2.24) is 10.2 Å². The van der Waals surface area contributed by atoms with Gasteiger partial charge < -0.3 is 19.2 Å². The molecule has 0 aliphatic heterocycles. The second-order valence-electron chi connectivity index (χ2n) is 4.94. The van der Waals surface area contributed by atoms with Gasteiger partial charge in [0.25, 0.3) is 0 Å². The fourth-order valence-electron chi connectivity index (χ4n) is 2.10. The Hall–Kier alpha value is -3.06. The summed E-state index contributed by atoms with van der Waals surface area (Å²) in [6.45, 7) is 0. The summed E-state index contributed by atoms with van der Waals surface area (Å²) in [6, 6.07) is 11.9. The maximum Gasteiger partial charge on any atom is 0.313 e. The lowest BCUT2D eigenvalue weighted by Gasteiger charge is -2.10. The molecule has 0 atom stereocenters. The van der Waals surface area contributed by atoms with E-state index in [0.29, 0.717) is 27.8 Å². The van der Waals surface area contributed by atoms with E-state index in [9.17, 15) is 4.79 Å². The minimum atomic E-state index is -0.545. The Kier molecular flexibility index (Phi) is 4.85. The number of amides is 1. The highest BCUT2D eigenvalue weighted by Gasteiger charge is 2.18. The zero-order valence-electron chi connectivity index (χ0n) is 13.4. The molecule has 0 unspecified atom stereocenters. The number of hydrogen-bond acceptors (Lipinski definition) is 6. The van der Waals surface area contributed by atoms with Gasteiger partial charge in [0.1, 0.15) is 11.5 Å². The van der Waals surface area contributed by atoms with E-state index in [0.717, 1.165) is 0 Å². The molecule has 0 aliphatic carbocycles. The average molecular weight is 360 g/mol. The van der Waals surface area contributed by atoms with Crippen LogP contribution in [0.5, 0.6) is 11.5 Å². The van der Waals surface area contributed by atoms with Gasteiger partial charge in [0.05, 0.1) is 19.9 Å². The monoisotopic (exact) mass is 359 g/mol. The first-order valence-corrected chi connectivity index (χ1v) is 7.61. The van der Waals surface area contributed by atoms with Gasteiger partial charge in [-0.15, -0.1) is 10.2 Å². The summed E-state index contributed by atoms with van der Waals surface area (Å²) in [5.74, 6) is 0.574. The van der Waals surface area contributed by atoms with Gasteiger partial charge in [0, 0.05) is 16.7 Å². The third-order valence-electron chi connectivity index (χ3n) is 3.37. The molecule has 1 heterocycles. The summed E-state index contributed by atoms with van der Waals surface area (Å²) in [5.41, 5.74) is 1.12. The molecule has 1 aromatic heterocycles. The maximum absolute atomic E-state index is 12.3. The molecule has 1 N–H and O–H groups in total. The van der Waals surface area contributed by atoms with Crippen LogP contribution >= 0.6 is 11.6 Å². The summed E-state index contributed by atoms with van der Waals surface area (Å²) in [5, 5.41) is 10.9. The van der Waals surface area contributed by atoms with E-state index >= 15 is 0 Å². The highest BCUT2D eigenvalue weighted by atomic mass is 35.5. The Labute approximate surface area is 148 Å². The molecule has 0 radical (unpaired) electrons. The Bertz CT molecular complexity index is 893. The van der Waals surface area contributed by atoms with Crippen molar-refractivity contribution in [2.45, 2.75) is 0 Å². The first kappa shape index (κ1) is 16.8. The van der Waals surface area contributed by atoms with Gasteiger partial charge >= 0.3 is 11.8 Å². The van der Waals surface area contributed by atoms with Gasteiger partial charge in [0.15, 0.2) is 0 Å². The van der Waals surface area contributed by atoms with Crippen LogP contribution in [0.4, 0.5) is 5.69 Å². The van der Waals surface area contributed by atoms with Gasteiger partial charge in [-0.05, 0) is 36.4 Å². The quantitative estimate of drug-likeness (QED) is 0.748. The summed E-state index contributed by atoms with van der Waals surface area (Å²) < 4.78 is 15.8. The molecule has 7 nitrogen and oxygen atoms in total. The summed E-state index contributed by atoms with van der Waals surface area (Å²) in [4.78, 5) is 12.3. The SMILES string of the molecule is COc1ccc(NC(=O)c2nnc(-c3ccc(Cl)cc3)o2)c(OC)c1. The largest absolute Gasteiger partial charge is 0.497 e. The molecule has 0 saturated heterocycles. The number of methoxy groups -OCH3 is 2. The predicted molar refractivity (Wildman–Crippen MR) is 92.2 cm³/mol. The Morgan fingerprint density at radius 3 is 2.52 bits per heavy atom. The van der Waals surface area contributed by atoms with E-state index in [2.05, 4.69) is 15.5 Å². The van der Waals surface area contributed by atoms with Crippen molar-refractivity contribution in [1.29, 1.82) is 0 Å². The topological polar surface area (TPSA) is 86.5 Å². The van der Waals surface area contributed by atoms with Gasteiger partial charge in [-0.3, -0.25) is 4.79 Å². The Balaban J connectivity index is 1.79. The number of carbonyl (C=O) groups is 1. The lowest BCUT2D eigenvalue weighted by atomic mass is 10.2. The molecule has 25 heavy (non-hydrogen) atoms. The van der Waals surface area contributed by atoms with Crippen LogP contribution in [0.2, 0.25) is 5.02 Å². The molecule has 1 amide bonds. The first-order valence-electron chi connectivity index (χ1n) is 7.23. The molecule has 0 saturated carbocycles.